The van der Waals surface area contributed by atoms with Crippen LogP contribution in [0.5, 0.6) is 0 Å². The Hall–Kier alpha value is 1.26. The molecule has 0 unspecified atom stereocenters. The largest absolute Gasteiger partial charge is 1.00 e. The molecule has 0 amide bonds. The molecular weight excluding hydrogens is 250 g/mol. The van der Waals surface area contributed by atoms with Crippen molar-refractivity contribution < 1.29 is 24.0 Å². The Morgan fingerprint density at radius 2 is 1.30 bits per heavy atom. The van der Waals surface area contributed by atoms with Gasteiger partial charge in [-0.1, -0.05) is 0 Å². The molecule has 10 heavy (non-hydrogen) atoms. The maximum Gasteiger partial charge on any atom is -1.00 e. The van der Waals surface area contributed by atoms with E-state index in [-0.39, 0.29) is 24.0 Å². The van der Waals surface area contributed by atoms with Crippen molar-refractivity contribution >= 4 is 15.2 Å². The molecule has 0 aromatic carbocycles. The van der Waals surface area contributed by atoms with Gasteiger partial charge in [0.15, 0.2) is 0 Å². The van der Waals surface area contributed by atoms with Gasteiger partial charge in [-0.3, -0.25) is 0 Å². The Bertz CT molecular complexity index is 42.5. The zero-order chi connectivity index (χ0) is 6.95. The van der Waals surface area contributed by atoms with Gasteiger partial charge < -0.3 is 24.0 Å². The molecule has 0 aliphatic heterocycles. The second kappa shape index (κ2) is 12.9. The molecule has 0 aliphatic rings. The summed E-state index contributed by atoms with van der Waals surface area (Å²) in [6.45, 7) is 4.55. The third-order valence-corrected chi connectivity index (χ3v) is 3.16. The van der Waals surface area contributed by atoms with E-state index in [4.69, 9.17) is 0 Å². The van der Waals surface area contributed by atoms with E-state index >= 15 is 0 Å². The Kier molecular flexibility index (Phi) is 17.8. The third kappa shape index (κ3) is 12.0. The molecule has 0 spiro atoms. The molecule has 0 rings (SSSR count). The van der Waals surface area contributed by atoms with E-state index in [9.17, 15) is 0 Å². The zero-order valence-corrected chi connectivity index (χ0v) is 10.5. The fraction of sp³-hybridized carbons (Fsp3) is 1.00. The van der Waals surface area contributed by atoms with Crippen LogP contribution in [0.3, 0.4) is 0 Å². The van der Waals surface area contributed by atoms with Crippen molar-refractivity contribution in [3.05, 3.63) is 0 Å². The van der Waals surface area contributed by atoms with Gasteiger partial charge in [0, 0.05) is 0 Å². The van der Waals surface area contributed by atoms with Crippen molar-refractivity contribution in [3.8, 4) is 0 Å². The summed E-state index contributed by atoms with van der Waals surface area (Å²) in [4.78, 5) is 0. The number of hydrogen-bond donors (Lipinski definition) is 0. The Labute approximate surface area is 88.9 Å². The molecule has 0 aromatic rings. The summed E-state index contributed by atoms with van der Waals surface area (Å²) < 4.78 is 0. The van der Waals surface area contributed by atoms with Gasteiger partial charge in [0.25, 0.3) is 0 Å². The van der Waals surface area contributed by atoms with E-state index in [0.29, 0.717) is 0 Å². The Morgan fingerprint density at radius 1 is 0.900 bits per heavy atom. The van der Waals surface area contributed by atoms with Crippen LogP contribution < -0.4 is 24.0 Å². The first-order valence-corrected chi connectivity index (χ1v) is 5.86. The van der Waals surface area contributed by atoms with Crippen LogP contribution >= 0.6 is 0 Å². The van der Waals surface area contributed by atoms with Gasteiger partial charge in [0.2, 0.25) is 0 Å². The Morgan fingerprint density at radius 3 is 1.60 bits per heavy atom. The van der Waals surface area contributed by atoms with Crippen LogP contribution in [-0.2, 0) is 0 Å². The van der Waals surface area contributed by atoms with Gasteiger partial charge >= 0.3 is 65.3 Å². The summed E-state index contributed by atoms with van der Waals surface area (Å²) in [6, 6.07) is 0. The van der Waals surface area contributed by atoms with Crippen LogP contribution in [0.1, 0.15) is 39.5 Å². The summed E-state index contributed by atoms with van der Waals surface area (Å²) in [5.41, 5.74) is 0. The average Bonchev–Trinajstić information content (AvgIpc) is 1.89. The number of halogens is 1. The van der Waals surface area contributed by atoms with E-state index in [0.717, 1.165) is 15.2 Å². The summed E-state index contributed by atoms with van der Waals surface area (Å²) in [5, 5.41) is 3.08. The minimum atomic E-state index is 0. The monoisotopic (exact) mass is 268 g/mol. The van der Waals surface area contributed by atoms with Crippen LogP contribution in [0.15, 0.2) is 0 Å². The van der Waals surface area contributed by atoms with E-state index in [1.54, 1.807) is 0 Å². The minimum Gasteiger partial charge on any atom is -1.00 e. The molecule has 0 fully saturated rings. The predicted octanol–water partition coefficient (Wildman–Crippen LogP) is 0.131. The number of hydrogen-bond acceptors (Lipinski definition) is 0. The summed E-state index contributed by atoms with van der Waals surface area (Å²) in [7, 11) is 0. The first kappa shape index (κ1) is 13.8. The van der Waals surface area contributed by atoms with Crippen molar-refractivity contribution in [2.45, 2.75) is 50.1 Å². The summed E-state index contributed by atoms with van der Waals surface area (Å²) in [6.07, 6.45) is 5.72. The fourth-order valence-corrected chi connectivity index (χ4v) is 2.52. The fourth-order valence-electron chi connectivity index (χ4n) is 0.841. The Balaban J connectivity index is 0. The molecule has 0 aromatic heterocycles. The van der Waals surface area contributed by atoms with Crippen molar-refractivity contribution in [2.75, 3.05) is 0 Å². The van der Waals surface area contributed by atoms with E-state index in [1.165, 1.54) is 36.2 Å². The zero-order valence-electron chi connectivity index (χ0n) is 7.20. The molecule has 0 N–H and O–H groups in total. The summed E-state index contributed by atoms with van der Waals surface area (Å²) in [5.74, 6) is 0. The van der Waals surface area contributed by atoms with E-state index in [2.05, 4.69) is 13.8 Å². The predicted molar refractivity (Wildman–Crippen MR) is 45.2 cm³/mol. The second-order valence-electron chi connectivity index (χ2n) is 2.57. The van der Waals surface area contributed by atoms with Gasteiger partial charge in [-0.15, -0.1) is 0 Å². The first-order chi connectivity index (χ1) is 4.41. The average molecular weight is 268 g/mol. The van der Waals surface area contributed by atoms with Gasteiger partial charge in [-0.25, -0.2) is 0 Å². The molecule has 2 heteroatoms. The van der Waals surface area contributed by atoms with Crippen molar-refractivity contribution in [3.63, 3.8) is 0 Å². The normalized spacial score (nSPS) is 8.20. The third-order valence-electron chi connectivity index (χ3n) is 1.52. The first-order valence-electron chi connectivity index (χ1n) is 4.23. The molecule has 0 nitrogen and oxygen atoms in total. The number of rotatable bonds is 6. The van der Waals surface area contributed by atoms with E-state index in [1.807, 2.05) is 0 Å². The number of unbranched alkanes of at least 4 members (excludes halogenated alkanes) is 2. The maximum absolute atomic E-state index is 2.28. The van der Waals surface area contributed by atoms with Crippen LogP contribution in [0.25, 0.3) is 0 Å². The van der Waals surface area contributed by atoms with Gasteiger partial charge in [0.1, 0.15) is 0 Å². The quantitative estimate of drug-likeness (QED) is 0.365. The van der Waals surface area contributed by atoms with Crippen molar-refractivity contribution in [1.29, 1.82) is 0 Å². The van der Waals surface area contributed by atoms with Crippen LogP contribution in [-0.4, -0.2) is 15.2 Å². The van der Waals surface area contributed by atoms with Crippen LogP contribution in [0, 0.1) is 0 Å². The molecule has 0 bridgehead atoms. The molecule has 0 saturated carbocycles. The molecule has 60 valence electrons. The SMILES string of the molecule is CCC[CH2][Al+][CH2]CCC.[I-]. The standard InChI is InChI=1S/2C4H9.Al.HI/c2*1-3-4-2;;/h2*1,3-4H2,2H3;;1H/q;;+1;/p-1. The van der Waals surface area contributed by atoms with E-state index < -0.39 is 0 Å². The van der Waals surface area contributed by atoms with Crippen molar-refractivity contribution in [1.82, 2.24) is 0 Å². The molecule has 0 atom stereocenters. The van der Waals surface area contributed by atoms with Crippen LogP contribution in [0.4, 0.5) is 0 Å². The molecule has 0 saturated heterocycles. The van der Waals surface area contributed by atoms with Gasteiger partial charge in [-0.05, 0) is 0 Å². The molecule has 0 radical (unpaired) electrons. The molecule has 0 aliphatic carbocycles. The second-order valence-corrected chi connectivity index (χ2v) is 4.31. The summed E-state index contributed by atoms with van der Waals surface area (Å²) >= 11 is 0.818. The smallest absolute Gasteiger partial charge is 1.00 e. The molecular formula is C8H18AlI. The van der Waals surface area contributed by atoms with Gasteiger partial charge in [-0.2, -0.15) is 0 Å². The topological polar surface area (TPSA) is 0 Å². The maximum atomic E-state index is 2.28. The van der Waals surface area contributed by atoms with Crippen molar-refractivity contribution in [2.24, 2.45) is 0 Å². The van der Waals surface area contributed by atoms with Crippen LogP contribution in [0.2, 0.25) is 10.6 Å². The molecule has 0 heterocycles. The minimum absolute atomic E-state index is 0. The van der Waals surface area contributed by atoms with Gasteiger partial charge in [0.05, 0.1) is 0 Å².